The maximum Gasteiger partial charge on any atom is 0.413 e. The zero-order chi connectivity index (χ0) is 18.4. The van der Waals surface area contributed by atoms with Crippen LogP contribution in [0.2, 0.25) is 5.02 Å². The van der Waals surface area contributed by atoms with Gasteiger partial charge in [-0.15, -0.1) is 0 Å². The number of carboxylic acid groups (broad SMARTS) is 1. The fourth-order valence-corrected chi connectivity index (χ4v) is 2.15. The molecule has 1 amide bonds. The van der Waals surface area contributed by atoms with Crippen LogP contribution in [0.25, 0.3) is 0 Å². The molecular formula is C15H16ClN5O4. The molecule has 0 radical (unpaired) electrons. The highest BCUT2D eigenvalue weighted by Gasteiger charge is 2.27. The number of halogens is 1. The molecular weight excluding hydrogens is 350 g/mol. The highest BCUT2D eigenvalue weighted by Crippen LogP contribution is 2.28. The maximum atomic E-state index is 11.5. The number of amides is 1. The lowest BCUT2D eigenvalue weighted by atomic mass is 10.3. The quantitative estimate of drug-likeness (QED) is 0.560. The van der Waals surface area contributed by atoms with Gasteiger partial charge in [-0.25, -0.2) is 9.78 Å². The van der Waals surface area contributed by atoms with Crippen molar-refractivity contribution in [1.29, 1.82) is 0 Å². The van der Waals surface area contributed by atoms with Gasteiger partial charge in [0.05, 0.1) is 4.92 Å². The third-order valence-corrected chi connectivity index (χ3v) is 3.52. The van der Waals surface area contributed by atoms with Crippen LogP contribution >= 0.6 is 11.6 Å². The minimum absolute atomic E-state index is 0.0469. The van der Waals surface area contributed by atoms with Crippen LogP contribution in [0.5, 0.6) is 0 Å². The first-order valence-electron chi connectivity index (χ1n) is 7.47. The predicted octanol–water partition coefficient (Wildman–Crippen LogP) is 4.07. The molecule has 2 rings (SSSR count). The molecule has 0 bridgehead atoms. The number of unbranched alkanes of at least 4 members (excludes halogenated alkanes) is 1. The van der Waals surface area contributed by atoms with Crippen molar-refractivity contribution in [2.75, 3.05) is 16.8 Å². The molecule has 0 spiro atoms. The standard InChI is InChI=1S/C15H16ClN5O4/c1-2-3-8-20(15(22)23)13-12(21(24)25)9-17-14(19-13)18-11-6-4-10(16)5-7-11/h4-7,9H,2-3,8H2,1H3,(H,22,23)(H,17,18,19). The van der Waals surface area contributed by atoms with Gasteiger partial charge in [0.2, 0.25) is 11.8 Å². The maximum absolute atomic E-state index is 11.5. The van der Waals surface area contributed by atoms with E-state index in [1.807, 2.05) is 6.92 Å². The summed E-state index contributed by atoms with van der Waals surface area (Å²) in [5.41, 5.74) is 0.139. The average molecular weight is 366 g/mol. The first-order valence-corrected chi connectivity index (χ1v) is 7.84. The summed E-state index contributed by atoms with van der Waals surface area (Å²) in [7, 11) is 0. The number of hydrogen-bond acceptors (Lipinski definition) is 6. The van der Waals surface area contributed by atoms with Crippen LogP contribution in [-0.2, 0) is 0 Å². The van der Waals surface area contributed by atoms with E-state index in [2.05, 4.69) is 15.3 Å². The first-order chi connectivity index (χ1) is 11.9. The normalized spacial score (nSPS) is 10.3. The third-order valence-electron chi connectivity index (χ3n) is 3.27. The number of anilines is 3. The number of nitrogens with one attached hydrogen (secondary N) is 1. The Morgan fingerprint density at radius 1 is 1.40 bits per heavy atom. The lowest BCUT2D eigenvalue weighted by Gasteiger charge is -2.18. The smallest absolute Gasteiger partial charge is 0.413 e. The molecule has 0 atom stereocenters. The van der Waals surface area contributed by atoms with E-state index in [0.29, 0.717) is 17.1 Å². The molecule has 25 heavy (non-hydrogen) atoms. The van der Waals surface area contributed by atoms with Crippen molar-refractivity contribution in [2.24, 2.45) is 0 Å². The summed E-state index contributed by atoms with van der Waals surface area (Å²) in [6.45, 7) is 1.99. The molecule has 9 nitrogen and oxygen atoms in total. The van der Waals surface area contributed by atoms with Gasteiger partial charge in [-0.3, -0.25) is 15.0 Å². The van der Waals surface area contributed by atoms with E-state index in [9.17, 15) is 20.0 Å². The SMILES string of the molecule is CCCCN(C(=O)O)c1nc(Nc2ccc(Cl)cc2)ncc1[N+](=O)[O-]. The molecule has 1 aromatic heterocycles. The van der Waals surface area contributed by atoms with Crippen molar-refractivity contribution < 1.29 is 14.8 Å². The van der Waals surface area contributed by atoms with Gasteiger partial charge in [-0.05, 0) is 30.7 Å². The van der Waals surface area contributed by atoms with Crippen LogP contribution in [0, 0.1) is 10.1 Å². The fourth-order valence-electron chi connectivity index (χ4n) is 2.02. The van der Waals surface area contributed by atoms with Crippen molar-refractivity contribution in [3.8, 4) is 0 Å². The minimum Gasteiger partial charge on any atom is -0.465 e. The molecule has 1 aromatic carbocycles. The van der Waals surface area contributed by atoms with Crippen LogP contribution in [0.4, 0.5) is 27.9 Å². The summed E-state index contributed by atoms with van der Waals surface area (Å²) in [5.74, 6) is -0.219. The fraction of sp³-hybridized carbons (Fsp3) is 0.267. The average Bonchev–Trinajstić information content (AvgIpc) is 2.57. The van der Waals surface area contributed by atoms with Crippen molar-refractivity contribution in [2.45, 2.75) is 19.8 Å². The Bertz CT molecular complexity index is 769. The van der Waals surface area contributed by atoms with E-state index in [1.54, 1.807) is 24.3 Å². The minimum atomic E-state index is -1.31. The van der Waals surface area contributed by atoms with Gasteiger partial charge < -0.3 is 10.4 Å². The molecule has 0 aliphatic carbocycles. The van der Waals surface area contributed by atoms with Crippen molar-refractivity contribution in [3.05, 3.63) is 45.6 Å². The second-order valence-corrected chi connectivity index (χ2v) is 5.52. The largest absolute Gasteiger partial charge is 0.465 e. The van der Waals surface area contributed by atoms with Crippen LogP contribution in [0.15, 0.2) is 30.5 Å². The molecule has 0 unspecified atom stereocenters. The Balaban J connectivity index is 2.39. The van der Waals surface area contributed by atoms with Gasteiger partial charge in [0.15, 0.2) is 0 Å². The number of aromatic nitrogens is 2. The molecule has 0 saturated carbocycles. The highest BCUT2D eigenvalue weighted by molar-refractivity contribution is 6.30. The number of rotatable bonds is 7. The molecule has 10 heteroatoms. The summed E-state index contributed by atoms with van der Waals surface area (Å²) in [6, 6.07) is 6.67. The Morgan fingerprint density at radius 2 is 2.08 bits per heavy atom. The highest BCUT2D eigenvalue weighted by atomic mass is 35.5. The van der Waals surface area contributed by atoms with Gasteiger partial charge >= 0.3 is 11.8 Å². The molecule has 0 aliphatic heterocycles. The van der Waals surface area contributed by atoms with Crippen molar-refractivity contribution in [3.63, 3.8) is 0 Å². The van der Waals surface area contributed by atoms with Gasteiger partial charge in [-0.2, -0.15) is 4.98 Å². The molecule has 132 valence electrons. The van der Waals surface area contributed by atoms with Crippen LogP contribution < -0.4 is 10.2 Å². The molecule has 1 heterocycles. The second-order valence-electron chi connectivity index (χ2n) is 5.08. The van der Waals surface area contributed by atoms with Crippen molar-refractivity contribution in [1.82, 2.24) is 9.97 Å². The Kier molecular flexibility index (Phi) is 6.07. The molecule has 0 aliphatic rings. The molecule has 0 saturated heterocycles. The van der Waals surface area contributed by atoms with E-state index in [1.165, 1.54) is 0 Å². The van der Waals surface area contributed by atoms with E-state index < -0.39 is 16.7 Å². The summed E-state index contributed by atoms with van der Waals surface area (Å²) in [5, 5.41) is 24.0. The topological polar surface area (TPSA) is 121 Å². The van der Waals surface area contributed by atoms with Crippen molar-refractivity contribution >= 4 is 40.8 Å². The number of carbonyl (C=O) groups is 1. The van der Waals surface area contributed by atoms with Gasteiger partial charge in [-0.1, -0.05) is 24.9 Å². The number of benzene rings is 1. The third kappa shape index (κ3) is 4.77. The Labute approximate surface area is 148 Å². The van der Waals surface area contributed by atoms with E-state index in [0.717, 1.165) is 17.5 Å². The van der Waals surface area contributed by atoms with Gasteiger partial charge in [0.25, 0.3) is 0 Å². The van der Waals surface area contributed by atoms with Gasteiger partial charge in [0.1, 0.15) is 6.20 Å². The van der Waals surface area contributed by atoms with Gasteiger partial charge in [0, 0.05) is 17.3 Å². The molecule has 2 aromatic rings. The zero-order valence-corrected chi connectivity index (χ0v) is 14.1. The lowest BCUT2D eigenvalue weighted by Crippen LogP contribution is -2.32. The zero-order valence-electron chi connectivity index (χ0n) is 13.3. The van der Waals surface area contributed by atoms with Crippen LogP contribution in [-0.4, -0.2) is 32.6 Å². The number of nitro groups is 1. The molecule has 2 N–H and O–H groups in total. The Morgan fingerprint density at radius 3 is 2.64 bits per heavy atom. The van der Waals surface area contributed by atoms with Crippen LogP contribution in [0.1, 0.15) is 19.8 Å². The summed E-state index contributed by atoms with van der Waals surface area (Å²) in [6.07, 6.45) is 0.960. The van der Waals surface area contributed by atoms with E-state index in [-0.39, 0.29) is 18.3 Å². The van der Waals surface area contributed by atoms with E-state index >= 15 is 0 Å². The summed E-state index contributed by atoms with van der Waals surface area (Å²) >= 11 is 5.81. The van der Waals surface area contributed by atoms with E-state index in [4.69, 9.17) is 11.6 Å². The number of nitrogens with zero attached hydrogens (tertiary/aromatic N) is 4. The number of hydrogen-bond donors (Lipinski definition) is 2. The summed E-state index contributed by atoms with van der Waals surface area (Å²) < 4.78 is 0. The lowest BCUT2D eigenvalue weighted by molar-refractivity contribution is -0.384. The second kappa shape index (κ2) is 8.25. The Hall–Kier alpha value is -2.94. The first kappa shape index (κ1) is 18.4. The predicted molar refractivity (Wildman–Crippen MR) is 93.7 cm³/mol. The summed E-state index contributed by atoms with van der Waals surface area (Å²) in [4.78, 5) is 30.8. The molecule has 0 fully saturated rings. The van der Waals surface area contributed by atoms with Crippen LogP contribution in [0.3, 0.4) is 0 Å². The monoisotopic (exact) mass is 365 g/mol.